The molecule has 8 heteroatoms. The Bertz CT molecular complexity index is 753. The predicted molar refractivity (Wildman–Crippen MR) is 93.6 cm³/mol. The lowest BCUT2D eigenvalue weighted by atomic mass is 9.99. The number of hydrogen-bond donors (Lipinski definition) is 0. The van der Waals surface area contributed by atoms with Crippen molar-refractivity contribution in [3.05, 3.63) is 29.6 Å². The van der Waals surface area contributed by atoms with Crippen LogP contribution in [-0.2, 0) is 17.9 Å². The van der Waals surface area contributed by atoms with Gasteiger partial charge in [0.1, 0.15) is 0 Å². The fourth-order valence-electron chi connectivity index (χ4n) is 3.88. The van der Waals surface area contributed by atoms with Gasteiger partial charge in [-0.2, -0.15) is 0 Å². The Kier molecular flexibility index (Phi) is 4.69. The van der Waals surface area contributed by atoms with Gasteiger partial charge in [0.15, 0.2) is 11.5 Å². The number of benzene rings is 1. The zero-order chi connectivity index (χ0) is 18.1. The SMILES string of the molecule is COc1cc(CN2CC[C@H]3[C@H](C2)OCc2cnnn23)cc(OC)c1OC. The van der Waals surface area contributed by atoms with Crippen LogP contribution >= 0.6 is 0 Å². The van der Waals surface area contributed by atoms with E-state index in [1.165, 1.54) is 0 Å². The third kappa shape index (κ3) is 2.99. The van der Waals surface area contributed by atoms with Crippen LogP contribution in [-0.4, -0.2) is 60.4 Å². The van der Waals surface area contributed by atoms with Crippen molar-refractivity contribution in [3.8, 4) is 17.2 Å². The lowest BCUT2D eigenvalue weighted by Crippen LogP contribution is -2.48. The molecule has 26 heavy (non-hydrogen) atoms. The molecule has 0 radical (unpaired) electrons. The molecule has 0 spiro atoms. The van der Waals surface area contributed by atoms with Gasteiger partial charge in [0.2, 0.25) is 5.75 Å². The maximum atomic E-state index is 6.05. The van der Waals surface area contributed by atoms with Gasteiger partial charge >= 0.3 is 0 Å². The number of aromatic nitrogens is 3. The predicted octanol–water partition coefficient (Wildman–Crippen LogP) is 1.65. The standard InChI is InChI=1S/C18H24N4O4/c1-23-15-6-12(7-16(24-2)18(15)25-3)9-21-5-4-14-17(10-21)26-11-13-8-19-20-22(13)14/h6-8,14,17H,4-5,9-11H2,1-3H3/t14-,17-/m0/s1. The normalized spacial score (nSPS) is 22.4. The van der Waals surface area contributed by atoms with E-state index in [2.05, 4.69) is 15.2 Å². The summed E-state index contributed by atoms with van der Waals surface area (Å²) in [5, 5.41) is 8.25. The molecule has 0 aliphatic carbocycles. The number of piperidine rings is 1. The average molecular weight is 360 g/mol. The second kappa shape index (κ2) is 7.13. The van der Waals surface area contributed by atoms with Gasteiger partial charge in [0.25, 0.3) is 0 Å². The summed E-state index contributed by atoms with van der Waals surface area (Å²) in [5.41, 5.74) is 2.18. The lowest BCUT2D eigenvalue weighted by molar-refractivity contribution is -0.0704. The Hall–Kier alpha value is -2.32. The van der Waals surface area contributed by atoms with Gasteiger partial charge in [-0.1, -0.05) is 5.21 Å². The molecule has 0 N–H and O–H groups in total. The van der Waals surface area contributed by atoms with Crippen molar-refractivity contribution in [2.24, 2.45) is 0 Å². The van der Waals surface area contributed by atoms with Crippen molar-refractivity contribution >= 4 is 0 Å². The van der Waals surface area contributed by atoms with Crippen molar-refractivity contribution in [1.29, 1.82) is 0 Å². The van der Waals surface area contributed by atoms with E-state index in [-0.39, 0.29) is 12.1 Å². The van der Waals surface area contributed by atoms with Crippen molar-refractivity contribution in [2.45, 2.75) is 31.7 Å². The highest BCUT2D eigenvalue weighted by Gasteiger charge is 2.36. The first-order chi connectivity index (χ1) is 12.7. The van der Waals surface area contributed by atoms with E-state index in [1.807, 2.05) is 16.8 Å². The molecule has 4 rings (SSSR count). The maximum Gasteiger partial charge on any atom is 0.203 e. The van der Waals surface area contributed by atoms with Crippen LogP contribution in [0, 0.1) is 0 Å². The largest absolute Gasteiger partial charge is 0.493 e. The molecule has 0 unspecified atom stereocenters. The molecule has 2 aromatic rings. The van der Waals surface area contributed by atoms with Gasteiger partial charge in [-0.15, -0.1) is 5.10 Å². The third-order valence-electron chi connectivity index (χ3n) is 5.15. The summed E-state index contributed by atoms with van der Waals surface area (Å²) < 4.78 is 24.4. The van der Waals surface area contributed by atoms with Gasteiger partial charge in [-0.25, -0.2) is 4.68 Å². The topological polar surface area (TPSA) is 70.9 Å². The van der Waals surface area contributed by atoms with E-state index in [4.69, 9.17) is 18.9 Å². The Labute approximate surface area is 152 Å². The van der Waals surface area contributed by atoms with Gasteiger partial charge in [-0.05, 0) is 24.1 Å². The van der Waals surface area contributed by atoms with Gasteiger partial charge in [0.05, 0.1) is 52.0 Å². The first-order valence-electron chi connectivity index (χ1n) is 8.75. The molecule has 2 aliphatic rings. The molecule has 1 aromatic carbocycles. The maximum absolute atomic E-state index is 6.05. The van der Waals surface area contributed by atoms with Crippen molar-refractivity contribution < 1.29 is 18.9 Å². The molecule has 1 saturated heterocycles. The average Bonchev–Trinajstić information content (AvgIpc) is 3.16. The third-order valence-corrected chi connectivity index (χ3v) is 5.15. The molecule has 2 aliphatic heterocycles. The van der Waals surface area contributed by atoms with Crippen LogP contribution in [0.5, 0.6) is 17.2 Å². The van der Waals surface area contributed by atoms with Gasteiger partial charge < -0.3 is 18.9 Å². The summed E-state index contributed by atoms with van der Waals surface area (Å²) in [4.78, 5) is 2.39. The van der Waals surface area contributed by atoms with Crippen LogP contribution < -0.4 is 14.2 Å². The highest BCUT2D eigenvalue weighted by molar-refractivity contribution is 5.53. The molecular formula is C18H24N4O4. The van der Waals surface area contributed by atoms with E-state index in [0.29, 0.717) is 23.9 Å². The zero-order valence-corrected chi connectivity index (χ0v) is 15.3. The summed E-state index contributed by atoms with van der Waals surface area (Å²) in [6.07, 6.45) is 2.92. The molecule has 140 valence electrons. The fourth-order valence-corrected chi connectivity index (χ4v) is 3.88. The summed E-state index contributed by atoms with van der Waals surface area (Å²) in [7, 11) is 4.89. The minimum Gasteiger partial charge on any atom is -0.493 e. The number of fused-ring (bicyclic) bond motifs is 3. The summed E-state index contributed by atoms with van der Waals surface area (Å²) in [6, 6.07) is 4.28. The number of methoxy groups -OCH3 is 3. The molecule has 0 bridgehead atoms. The molecule has 3 heterocycles. The van der Waals surface area contributed by atoms with Crippen LogP contribution in [0.2, 0.25) is 0 Å². The molecule has 0 amide bonds. The Balaban J connectivity index is 1.49. The number of likely N-dealkylation sites (tertiary alicyclic amines) is 1. The zero-order valence-electron chi connectivity index (χ0n) is 15.3. The van der Waals surface area contributed by atoms with E-state index >= 15 is 0 Å². The summed E-state index contributed by atoms with van der Waals surface area (Å²) >= 11 is 0. The van der Waals surface area contributed by atoms with Crippen LogP contribution in [0.3, 0.4) is 0 Å². The van der Waals surface area contributed by atoms with Gasteiger partial charge in [-0.3, -0.25) is 4.90 Å². The summed E-state index contributed by atoms with van der Waals surface area (Å²) in [6.45, 7) is 3.21. The first kappa shape index (κ1) is 17.1. The number of ether oxygens (including phenoxy) is 4. The summed E-state index contributed by atoms with van der Waals surface area (Å²) in [5.74, 6) is 1.97. The van der Waals surface area contributed by atoms with E-state index in [0.717, 1.165) is 37.3 Å². The monoisotopic (exact) mass is 360 g/mol. The van der Waals surface area contributed by atoms with Crippen LogP contribution in [0.15, 0.2) is 18.3 Å². The Morgan fingerprint density at radius 1 is 1.15 bits per heavy atom. The molecule has 1 aromatic heterocycles. The second-order valence-electron chi connectivity index (χ2n) is 6.64. The minimum atomic E-state index is 0.139. The van der Waals surface area contributed by atoms with Crippen molar-refractivity contribution in [3.63, 3.8) is 0 Å². The highest BCUT2D eigenvalue weighted by Crippen LogP contribution is 2.39. The number of hydrogen-bond acceptors (Lipinski definition) is 7. The molecule has 0 saturated carbocycles. The van der Waals surface area contributed by atoms with Crippen LogP contribution in [0.1, 0.15) is 23.7 Å². The molecular weight excluding hydrogens is 336 g/mol. The smallest absolute Gasteiger partial charge is 0.203 e. The Morgan fingerprint density at radius 3 is 2.62 bits per heavy atom. The molecule has 2 atom stereocenters. The van der Waals surface area contributed by atoms with E-state index in [1.54, 1.807) is 27.5 Å². The lowest BCUT2D eigenvalue weighted by Gasteiger charge is -2.41. The van der Waals surface area contributed by atoms with Crippen LogP contribution in [0.25, 0.3) is 0 Å². The second-order valence-corrected chi connectivity index (χ2v) is 6.64. The molecule has 8 nitrogen and oxygen atoms in total. The minimum absolute atomic E-state index is 0.139. The first-order valence-corrected chi connectivity index (χ1v) is 8.75. The fraction of sp³-hybridized carbons (Fsp3) is 0.556. The molecule has 1 fully saturated rings. The van der Waals surface area contributed by atoms with Crippen molar-refractivity contribution in [2.75, 3.05) is 34.4 Å². The van der Waals surface area contributed by atoms with Crippen molar-refractivity contribution in [1.82, 2.24) is 19.9 Å². The number of nitrogens with zero attached hydrogens (tertiary/aromatic N) is 4. The quantitative estimate of drug-likeness (QED) is 0.803. The highest BCUT2D eigenvalue weighted by atomic mass is 16.5. The van der Waals surface area contributed by atoms with Gasteiger partial charge in [0, 0.05) is 19.6 Å². The van der Waals surface area contributed by atoms with Crippen LogP contribution in [0.4, 0.5) is 0 Å². The van der Waals surface area contributed by atoms with E-state index in [9.17, 15) is 0 Å². The van der Waals surface area contributed by atoms with E-state index < -0.39 is 0 Å². The Morgan fingerprint density at radius 2 is 1.92 bits per heavy atom. The number of rotatable bonds is 5.